The smallest absolute Gasteiger partial charge is 0.313 e. The molecule has 0 aliphatic carbocycles. The van der Waals surface area contributed by atoms with Gasteiger partial charge in [-0.2, -0.15) is 5.10 Å². The molecule has 1 aromatic carbocycles. The first kappa shape index (κ1) is 14.8. The summed E-state index contributed by atoms with van der Waals surface area (Å²) in [6, 6.07) is 6.35. The Hall–Kier alpha value is -3.56. The van der Waals surface area contributed by atoms with Gasteiger partial charge in [-0.3, -0.25) is 25.7 Å². The van der Waals surface area contributed by atoms with Crippen LogP contribution in [0.5, 0.6) is 5.75 Å². The molecule has 10 heteroatoms. The Morgan fingerprint density at radius 1 is 1.18 bits per heavy atom. The molecule has 0 fully saturated rings. The molecule has 0 radical (unpaired) electrons. The van der Waals surface area contributed by atoms with Crippen molar-refractivity contribution in [3.63, 3.8) is 0 Å². The van der Waals surface area contributed by atoms with Gasteiger partial charge in [0.2, 0.25) is 5.82 Å². The van der Waals surface area contributed by atoms with Gasteiger partial charge in [0, 0.05) is 23.9 Å². The van der Waals surface area contributed by atoms with Crippen LogP contribution >= 0.6 is 0 Å². The van der Waals surface area contributed by atoms with Gasteiger partial charge in [0.15, 0.2) is 5.75 Å². The molecule has 2 N–H and O–H groups in total. The van der Waals surface area contributed by atoms with Crippen molar-refractivity contribution >= 4 is 23.4 Å². The summed E-state index contributed by atoms with van der Waals surface area (Å²) in [5.41, 5.74) is 2.00. The summed E-state index contributed by atoms with van der Waals surface area (Å²) >= 11 is 0. The molecular weight excluding hydrogens is 294 g/mol. The molecule has 0 bridgehead atoms. The lowest BCUT2D eigenvalue weighted by atomic mass is 10.2. The maximum Gasteiger partial charge on any atom is 0.313 e. The number of rotatable bonds is 5. The highest BCUT2D eigenvalue weighted by Gasteiger charge is 2.14. The molecule has 0 aliphatic heterocycles. The van der Waals surface area contributed by atoms with Crippen LogP contribution in [0.2, 0.25) is 0 Å². The standard InChI is InChI=1S/C12H9N5O5/c18-11-4-3-8(6-10(11)17(21)22)7-14-15-12-9(16(19)20)2-1-5-13-12/h1-7,18H,(H,13,15)/b14-7-. The second-order valence-corrected chi connectivity index (χ2v) is 4.00. The third-order valence-electron chi connectivity index (χ3n) is 2.56. The molecule has 10 nitrogen and oxygen atoms in total. The first-order valence-electron chi connectivity index (χ1n) is 5.85. The molecule has 0 saturated heterocycles. The van der Waals surface area contributed by atoms with Gasteiger partial charge in [-0.1, -0.05) is 0 Å². The average Bonchev–Trinajstić information content (AvgIpc) is 2.49. The zero-order valence-electron chi connectivity index (χ0n) is 10.9. The zero-order chi connectivity index (χ0) is 16.1. The highest BCUT2D eigenvalue weighted by molar-refractivity contribution is 5.82. The van der Waals surface area contributed by atoms with Gasteiger partial charge in [0.1, 0.15) is 0 Å². The number of nitro groups is 2. The average molecular weight is 303 g/mol. The lowest BCUT2D eigenvalue weighted by Crippen LogP contribution is -1.99. The fourth-order valence-corrected chi connectivity index (χ4v) is 1.57. The van der Waals surface area contributed by atoms with E-state index in [1.165, 1.54) is 30.6 Å². The van der Waals surface area contributed by atoms with Crippen LogP contribution < -0.4 is 5.43 Å². The minimum absolute atomic E-state index is 0.0583. The molecule has 0 saturated carbocycles. The van der Waals surface area contributed by atoms with Crippen LogP contribution in [-0.4, -0.2) is 26.2 Å². The van der Waals surface area contributed by atoms with E-state index in [0.29, 0.717) is 5.56 Å². The summed E-state index contributed by atoms with van der Waals surface area (Å²) in [5, 5.41) is 34.5. The van der Waals surface area contributed by atoms with Crippen molar-refractivity contribution in [2.75, 3.05) is 5.43 Å². The number of aromatic nitrogens is 1. The first-order valence-corrected chi connectivity index (χ1v) is 5.85. The number of phenolic OH excluding ortho intramolecular Hbond substituents is 1. The van der Waals surface area contributed by atoms with Crippen molar-refractivity contribution in [3.8, 4) is 5.75 Å². The number of pyridine rings is 1. The van der Waals surface area contributed by atoms with E-state index in [9.17, 15) is 25.3 Å². The highest BCUT2D eigenvalue weighted by Crippen LogP contribution is 2.25. The second-order valence-electron chi connectivity index (χ2n) is 4.00. The van der Waals surface area contributed by atoms with Crippen molar-refractivity contribution in [2.24, 2.45) is 5.10 Å². The highest BCUT2D eigenvalue weighted by atomic mass is 16.6. The molecular formula is C12H9N5O5. The summed E-state index contributed by atoms with van der Waals surface area (Å²) in [6.07, 6.45) is 2.57. The molecule has 1 heterocycles. The second kappa shape index (κ2) is 6.26. The third kappa shape index (κ3) is 3.30. The van der Waals surface area contributed by atoms with Crippen LogP contribution in [0.4, 0.5) is 17.2 Å². The lowest BCUT2D eigenvalue weighted by molar-refractivity contribution is -0.385. The largest absolute Gasteiger partial charge is 0.502 e. The Balaban J connectivity index is 2.19. The number of nitrogens with zero attached hydrogens (tertiary/aromatic N) is 4. The summed E-state index contributed by atoms with van der Waals surface area (Å²) in [6.45, 7) is 0. The van der Waals surface area contributed by atoms with E-state index in [-0.39, 0.29) is 11.5 Å². The van der Waals surface area contributed by atoms with E-state index in [0.717, 1.165) is 12.1 Å². The number of aromatic hydroxyl groups is 1. The van der Waals surface area contributed by atoms with E-state index < -0.39 is 21.3 Å². The van der Waals surface area contributed by atoms with Crippen LogP contribution in [0.1, 0.15) is 5.56 Å². The Kier molecular flexibility index (Phi) is 4.22. The van der Waals surface area contributed by atoms with Crippen molar-refractivity contribution in [1.82, 2.24) is 4.98 Å². The van der Waals surface area contributed by atoms with Crippen LogP contribution in [0, 0.1) is 20.2 Å². The quantitative estimate of drug-likeness (QED) is 0.488. The normalized spacial score (nSPS) is 10.5. The van der Waals surface area contributed by atoms with Gasteiger partial charge in [0.05, 0.1) is 16.1 Å². The SMILES string of the molecule is O=[N+]([O-])c1cc(/C=N\Nc2ncccc2[N+](=O)[O-])ccc1O. The molecule has 1 aromatic heterocycles. The molecule has 0 atom stereocenters. The van der Waals surface area contributed by atoms with E-state index in [1.54, 1.807) is 0 Å². The fourth-order valence-electron chi connectivity index (χ4n) is 1.57. The first-order chi connectivity index (χ1) is 10.5. The number of benzene rings is 1. The molecule has 2 rings (SSSR count). The van der Waals surface area contributed by atoms with Gasteiger partial charge in [0.25, 0.3) is 0 Å². The number of hydrogen-bond donors (Lipinski definition) is 2. The van der Waals surface area contributed by atoms with Gasteiger partial charge < -0.3 is 5.11 Å². The van der Waals surface area contributed by atoms with Crippen LogP contribution in [0.25, 0.3) is 0 Å². The minimum atomic E-state index is -0.732. The van der Waals surface area contributed by atoms with Crippen molar-refractivity contribution in [3.05, 3.63) is 62.3 Å². The fraction of sp³-hybridized carbons (Fsp3) is 0. The summed E-state index contributed by atoms with van der Waals surface area (Å²) in [4.78, 5) is 23.9. The maximum atomic E-state index is 10.8. The van der Waals surface area contributed by atoms with Gasteiger partial charge in [-0.05, 0) is 18.2 Å². The number of nitrogens with one attached hydrogen (secondary N) is 1. The van der Waals surface area contributed by atoms with Crippen molar-refractivity contribution in [1.29, 1.82) is 0 Å². The molecule has 0 spiro atoms. The van der Waals surface area contributed by atoms with Crippen LogP contribution in [0.15, 0.2) is 41.6 Å². The van der Waals surface area contributed by atoms with Gasteiger partial charge >= 0.3 is 11.4 Å². The van der Waals surface area contributed by atoms with Crippen molar-refractivity contribution < 1.29 is 15.0 Å². The van der Waals surface area contributed by atoms with Gasteiger partial charge in [-0.15, -0.1) is 0 Å². The van der Waals surface area contributed by atoms with E-state index in [4.69, 9.17) is 0 Å². The number of phenols is 1. The van der Waals surface area contributed by atoms with E-state index in [2.05, 4.69) is 15.5 Å². The Morgan fingerprint density at radius 3 is 2.59 bits per heavy atom. The van der Waals surface area contributed by atoms with Crippen molar-refractivity contribution in [2.45, 2.75) is 0 Å². The zero-order valence-corrected chi connectivity index (χ0v) is 10.9. The summed E-state index contributed by atoms with van der Waals surface area (Å²) in [5.74, 6) is -0.521. The van der Waals surface area contributed by atoms with Gasteiger partial charge in [-0.25, -0.2) is 4.98 Å². The monoisotopic (exact) mass is 303 g/mol. The summed E-state index contributed by atoms with van der Waals surface area (Å²) in [7, 11) is 0. The van der Waals surface area contributed by atoms with Crippen LogP contribution in [-0.2, 0) is 0 Å². The molecule has 22 heavy (non-hydrogen) atoms. The molecule has 0 amide bonds. The number of anilines is 1. The predicted octanol–water partition coefficient (Wildman–Crippen LogP) is 2.05. The Bertz CT molecular complexity index is 761. The predicted molar refractivity (Wildman–Crippen MR) is 76.9 cm³/mol. The lowest BCUT2D eigenvalue weighted by Gasteiger charge is -2.00. The topological polar surface area (TPSA) is 144 Å². The van der Waals surface area contributed by atoms with Crippen LogP contribution in [0.3, 0.4) is 0 Å². The molecule has 0 aliphatic rings. The minimum Gasteiger partial charge on any atom is -0.502 e. The maximum absolute atomic E-state index is 10.8. The molecule has 112 valence electrons. The third-order valence-corrected chi connectivity index (χ3v) is 2.56. The van der Waals surface area contributed by atoms with E-state index in [1.807, 2.05) is 0 Å². The molecule has 2 aromatic rings. The number of hydrazone groups is 1. The van der Waals surface area contributed by atoms with E-state index >= 15 is 0 Å². The number of nitro benzene ring substituents is 1. The summed E-state index contributed by atoms with van der Waals surface area (Å²) < 4.78 is 0. The number of hydrogen-bond acceptors (Lipinski definition) is 8. The molecule has 0 unspecified atom stereocenters. The Morgan fingerprint density at radius 2 is 1.91 bits per heavy atom. The Labute approximate surface area is 123 Å².